The van der Waals surface area contributed by atoms with E-state index in [-0.39, 0.29) is 30.0 Å². The number of esters is 1. The molecular formula is C11H13N3O6. The molecule has 0 aliphatic rings. The van der Waals surface area contributed by atoms with Crippen LogP contribution < -0.4 is 5.32 Å². The zero-order valence-electron chi connectivity index (χ0n) is 10.7. The Kier molecular flexibility index (Phi) is 5.39. The lowest BCUT2D eigenvalue weighted by Crippen LogP contribution is -2.10. The second-order valence-electron chi connectivity index (χ2n) is 3.76. The molecule has 0 spiro atoms. The van der Waals surface area contributed by atoms with Crippen LogP contribution in [0, 0.1) is 10.1 Å². The highest BCUT2D eigenvalue weighted by molar-refractivity contribution is 5.90. The van der Waals surface area contributed by atoms with Crippen molar-refractivity contribution in [2.45, 2.75) is 12.8 Å². The van der Waals surface area contributed by atoms with Gasteiger partial charge >= 0.3 is 17.6 Å². The van der Waals surface area contributed by atoms with E-state index in [1.54, 1.807) is 0 Å². The third-order valence-electron chi connectivity index (χ3n) is 2.35. The van der Waals surface area contributed by atoms with Crippen LogP contribution in [0.2, 0.25) is 0 Å². The molecule has 1 aromatic heterocycles. The zero-order chi connectivity index (χ0) is 15.1. The van der Waals surface area contributed by atoms with Crippen LogP contribution in [0.4, 0.5) is 11.5 Å². The summed E-state index contributed by atoms with van der Waals surface area (Å²) >= 11 is 0. The van der Waals surface area contributed by atoms with Crippen LogP contribution in [0.3, 0.4) is 0 Å². The number of carboxylic acids is 1. The van der Waals surface area contributed by atoms with E-state index in [1.807, 2.05) is 0 Å². The lowest BCUT2D eigenvalue weighted by molar-refractivity contribution is -0.384. The Morgan fingerprint density at radius 3 is 2.80 bits per heavy atom. The summed E-state index contributed by atoms with van der Waals surface area (Å²) in [6, 6.07) is 1.05. The molecule has 0 saturated carbocycles. The van der Waals surface area contributed by atoms with E-state index in [0.717, 1.165) is 19.4 Å². The monoisotopic (exact) mass is 283 g/mol. The molecule has 1 heterocycles. The molecular weight excluding hydrogens is 270 g/mol. The van der Waals surface area contributed by atoms with Crippen LogP contribution in [0.25, 0.3) is 0 Å². The van der Waals surface area contributed by atoms with E-state index < -0.39 is 16.9 Å². The summed E-state index contributed by atoms with van der Waals surface area (Å²) < 4.78 is 4.45. The number of methoxy groups -OCH3 is 1. The highest BCUT2D eigenvalue weighted by atomic mass is 16.6. The van der Waals surface area contributed by atoms with Crippen molar-refractivity contribution in [1.29, 1.82) is 0 Å². The number of carboxylic acid groups (broad SMARTS) is 1. The fourth-order valence-corrected chi connectivity index (χ4v) is 1.40. The molecule has 1 aromatic rings. The van der Waals surface area contributed by atoms with E-state index in [0.29, 0.717) is 6.42 Å². The molecule has 0 saturated heterocycles. The topological polar surface area (TPSA) is 132 Å². The molecule has 0 radical (unpaired) electrons. The van der Waals surface area contributed by atoms with Gasteiger partial charge in [0.25, 0.3) is 0 Å². The maximum absolute atomic E-state index is 11.3. The number of carbonyl (C=O) groups excluding carboxylic acids is 1. The Balaban J connectivity index is 2.82. The third-order valence-corrected chi connectivity index (χ3v) is 2.35. The van der Waals surface area contributed by atoms with Crippen LogP contribution in [0.5, 0.6) is 0 Å². The maximum atomic E-state index is 11.3. The molecule has 108 valence electrons. The van der Waals surface area contributed by atoms with Gasteiger partial charge in [0, 0.05) is 25.2 Å². The minimum atomic E-state index is -0.949. The number of nitrogens with one attached hydrogen (secondary N) is 1. The lowest BCUT2D eigenvalue weighted by Gasteiger charge is -2.06. The Morgan fingerprint density at radius 1 is 1.55 bits per heavy atom. The molecule has 20 heavy (non-hydrogen) atoms. The van der Waals surface area contributed by atoms with Gasteiger partial charge in [-0.15, -0.1) is 0 Å². The Labute approximate surface area is 113 Å². The van der Waals surface area contributed by atoms with Crippen molar-refractivity contribution in [2.24, 2.45) is 0 Å². The van der Waals surface area contributed by atoms with Crippen molar-refractivity contribution < 1.29 is 24.4 Å². The van der Waals surface area contributed by atoms with Gasteiger partial charge in [0.2, 0.25) is 5.82 Å². The highest BCUT2D eigenvalue weighted by Crippen LogP contribution is 2.23. The van der Waals surface area contributed by atoms with Gasteiger partial charge in [-0.1, -0.05) is 0 Å². The Hall–Kier alpha value is -2.71. The van der Waals surface area contributed by atoms with Gasteiger partial charge in [-0.3, -0.25) is 14.9 Å². The van der Waals surface area contributed by atoms with Gasteiger partial charge in [0.15, 0.2) is 0 Å². The molecule has 0 fully saturated rings. The third kappa shape index (κ3) is 4.19. The number of pyridine rings is 1. The summed E-state index contributed by atoms with van der Waals surface area (Å²) in [5.41, 5.74) is -0.404. The number of nitro groups is 1. The molecule has 0 amide bonds. The maximum Gasteiger partial charge on any atom is 0.339 e. The molecule has 0 bridgehead atoms. The number of hydrogen-bond acceptors (Lipinski definition) is 7. The number of carbonyl (C=O) groups is 2. The largest absolute Gasteiger partial charge is 0.481 e. The molecule has 2 N–H and O–H groups in total. The van der Waals surface area contributed by atoms with Crippen LogP contribution in [0.15, 0.2) is 12.3 Å². The van der Waals surface area contributed by atoms with Crippen LogP contribution in [-0.2, 0) is 9.53 Å². The average molecular weight is 283 g/mol. The van der Waals surface area contributed by atoms with E-state index in [2.05, 4.69) is 15.0 Å². The summed E-state index contributed by atoms with van der Waals surface area (Å²) in [6.07, 6.45) is 1.40. The first kappa shape index (κ1) is 15.3. The number of rotatable bonds is 7. The van der Waals surface area contributed by atoms with Crippen LogP contribution in [0.1, 0.15) is 23.2 Å². The van der Waals surface area contributed by atoms with Crippen molar-refractivity contribution >= 4 is 23.4 Å². The minimum absolute atomic E-state index is 0.0203. The molecule has 0 atom stereocenters. The number of anilines is 1. The summed E-state index contributed by atoms with van der Waals surface area (Å²) in [6.45, 7) is 0.220. The SMILES string of the molecule is COC(=O)c1cnc(NCCCC(=O)O)c([N+](=O)[O-])c1. The standard InChI is InChI=1S/C11H13N3O6/c1-20-11(17)7-5-8(14(18)19)10(13-6-7)12-4-2-3-9(15)16/h5-6H,2-4H2,1H3,(H,12,13)(H,15,16). The Bertz CT molecular complexity index is 531. The minimum Gasteiger partial charge on any atom is -0.481 e. The number of hydrogen-bond donors (Lipinski definition) is 2. The number of ether oxygens (including phenoxy) is 1. The van der Waals surface area contributed by atoms with E-state index in [4.69, 9.17) is 5.11 Å². The molecule has 0 unspecified atom stereocenters. The van der Waals surface area contributed by atoms with Gasteiger partial charge in [0.05, 0.1) is 17.6 Å². The first-order valence-electron chi connectivity index (χ1n) is 5.64. The van der Waals surface area contributed by atoms with Crippen LogP contribution >= 0.6 is 0 Å². The van der Waals surface area contributed by atoms with Crippen molar-refractivity contribution in [1.82, 2.24) is 4.98 Å². The second kappa shape index (κ2) is 7.02. The molecule has 0 aromatic carbocycles. The fraction of sp³-hybridized carbons (Fsp3) is 0.364. The average Bonchev–Trinajstić information content (AvgIpc) is 2.42. The van der Waals surface area contributed by atoms with Crippen molar-refractivity contribution in [3.05, 3.63) is 27.9 Å². The van der Waals surface area contributed by atoms with Gasteiger partial charge in [-0.05, 0) is 6.42 Å². The fourth-order valence-electron chi connectivity index (χ4n) is 1.40. The predicted molar refractivity (Wildman–Crippen MR) is 67.6 cm³/mol. The number of aromatic nitrogens is 1. The quantitative estimate of drug-likeness (QED) is 0.328. The number of nitrogens with zero attached hydrogens (tertiary/aromatic N) is 2. The van der Waals surface area contributed by atoms with Gasteiger partial charge in [0.1, 0.15) is 0 Å². The Morgan fingerprint density at radius 2 is 2.25 bits per heavy atom. The lowest BCUT2D eigenvalue weighted by atomic mass is 10.2. The zero-order valence-corrected chi connectivity index (χ0v) is 10.7. The normalized spacial score (nSPS) is 9.85. The van der Waals surface area contributed by atoms with Crippen LogP contribution in [-0.4, -0.2) is 40.6 Å². The first-order valence-corrected chi connectivity index (χ1v) is 5.64. The summed E-state index contributed by atoms with van der Waals surface area (Å²) in [5, 5.41) is 22.0. The smallest absolute Gasteiger partial charge is 0.339 e. The van der Waals surface area contributed by atoms with Crippen molar-refractivity contribution in [3.63, 3.8) is 0 Å². The first-order chi connectivity index (χ1) is 9.45. The van der Waals surface area contributed by atoms with Gasteiger partial charge < -0.3 is 15.2 Å². The summed E-state index contributed by atoms with van der Waals surface area (Å²) in [4.78, 5) is 35.6. The molecule has 1 rings (SSSR count). The molecule has 9 nitrogen and oxygen atoms in total. The van der Waals surface area contributed by atoms with E-state index in [1.165, 1.54) is 0 Å². The van der Waals surface area contributed by atoms with E-state index >= 15 is 0 Å². The summed E-state index contributed by atoms with van der Waals surface area (Å²) in [7, 11) is 1.16. The second-order valence-corrected chi connectivity index (χ2v) is 3.76. The van der Waals surface area contributed by atoms with Gasteiger partial charge in [-0.2, -0.15) is 0 Å². The highest BCUT2D eigenvalue weighted by Gasteiger charge is 2.19. The van der Waals surface area contributed by atoms with Gasteiger partial charge in [-0.25, -0.2) is 9.78 Å². The van der Waals surface area contributed by atoms with Crippen molar-refractivity contribution in [3.8, 4) is 0 Å². The molecule has 9 heteroatoms. The molecule has 0 aliphatic heterocycles. The van der Waals surface area contributed by atoms with Crippen molar-refractivity contribution in [2.75, 3.05) is 19.0 Å². The molecule has 0 aliphatic carbocycles. The predicted octanol–water partition coefficient (Wildman–Crippen LogP) is 1.05. The van der Waals surface area contributed by atoms with E-state index in [9.17, 15) is 19.7 Å². The number of aliphatic carboxylic acids is 1. The summed E-state index contributed by atoms with van der Waals surface area (Å²) in [5.74, 6) is -1.69.